The summed E-state index contributed by atoms with van der Waals surface area (Å²) in [5, 5.41) is 0. The summed E-state index contributed by atoms with van der Waals surface area (Å²) in [5.74, 6) is 0. The molecule has 0 saturated heterocycles. The smallest absolute Gasteiger partial charge is 0.0497 e. The molecule has 0 aliphatic carbocycles. The van der Waals surface area contributed by atoms with Crippen molar-refractivity contribution in [3.8, 4) is 0 Å². The lowest BCUT2D eigenvalue weighted by Crippen LogP contribution is -1.94. The Labute approximate surface area is 52.0 Å². The highest BCUT2D eigenvalue weighted by Gasteiger charge is 1.82. The van der Waals surface area contributed by atoms with Crippen molar-refractivity contribution in [2.45, 2.75) is 19.8 Å². The SMILES string of the molecule is [CH2]C[CH]COCCC. The minimum atomic E-state index is 0.761. The summed E-state index contributed by atoms with van der Waals surface area (Å²) in [6.07, 6.45) is 3.99. The van der Waals surface area contributed by atoms with E-state index in [2.05, 4.69) is 13.8 Å². The van der Waals surface area contributed by atoms with Crippen LogP contribution < -0.4 is 0 Å². The van der Waals surface area contributed by atoms with Gasteiger partial charge in [-0.1, -0.05) is 13.8 Å². The Balaban J connectivity index is 2.53. The standard InChI is InChI=1S/C7H14O/c1-3-5-7-8-6-4-2/h5H,1,3-4,6-7H2,2H3. The van der Waals surface area contributed by atoms with Gasteiger partial charge in [0.25, 0.3) is 0 Å². The molecule has 8 heavy (non-hydrogen) atoms. The molecule has 0 aromatic rings. The molecule has 0 heterocycles. The number of unbranched alkanes of at least 4 members (excludes halogenated alkanes) is 1. The maximum atomic E-state index is 5.13. The molecule has 0 atom stereocenters. The zero-order chi connectivity index (χ0) is 6.24. The lowest BCUT2D eigenvalue weighted by Gasteiger charge is -1.97. The molecular formula is C7H14O. The summed E-state index contributed by atoms with van der Waals surface area (Å²) in [5.41, 5.74) is 0. The van der Waals surface area contributed by atoms with Gasteiger partial charge in [-0.15, -0.1) is 0 Å². The molecule has 0 bridgehead atoms. The van der Waals surface area contributed by atoms with Gasteiger partial charge in [-0.05, 0) is 19.3 Å². The van der Waals surface area contributed by atoms with Crippen molar-refractivity contribution in [3.05, 3.63) is 13.3 Å². The average molecular weight is 114 g/mol. The van der Waals surface area contributed by atoms with Gasteiger partial charge in [-0.25, -0.2) is 0 Å². The summed E-state index contributed by atoms with van der Waals surface area (Å²) in [6.45, 7) is 7.38. The van der Waals surface area contributed by atoms with Crippen LogP contribution in [0, 0.1) is 13.3 Å². The van der Waals surface area contributed by atoms with Crippen molar-refractivity contribution >= 4 is 0 Å². The fourth-order valence-corrected chi connectivity index (χ4v) is 0.394. The normalized spacial score (nSPS) is 9.75. The Bertz CT molecular complexity index is 29.4. The second-order valence-corrected chi connectivity index (χ2v) is 1.65. The Kier molecular flexibility index (Phi) is 6.93. The van der Waals surface area contributed by atoms with Gasteiger partial charge in [-0.3, -0.25) is 0 Å². The van der Waals surface area contributed by atoms with Crippen LogP contribution in [-0.4, -0.2) is 13.2 Å². The van der Waals surface area contributed by atoms with Crippen molar-refractivity contribution in [3.63, 3.8) is 0 Å². The maximum absolute atomic E-state index is 5.13. The van der Waals surface area contributed by atoms with Gasteiger partial charge in [0.1, 0.15) is 0 Å². The van der Waals surface area contributed by atoms with E-state index in [-0.39, 0.29) is 0 Å². The molecule has 0 aromatic heterocycles. The third kappa shape index (κ3) is 5.96. The molecule has 0 spiro atoms. The second-order valence-electron chi connectivity index (χ2n) is 1.65. The van der Waals surface area contributed by atoms with E-state index >= 15 is 0 Å². The van der Waals surface area contributed by atoms with Crippen LogP contribution in [0.1, 0.15) is 19.8 Å². The van der Waals surface area contributed by atoms with Crippen LogP contribution in [0.5, 0.6) is 0 Å². The lowest BCUT2D eigenvalue weighted by atomic mass is 10.4. The highest BCUT2D eigenvalue weighted by molar-refractivity contribution is 4.63. The van der Waals surface area contributed by atoms with Crippen LogP contribution >= 0.6 is 0 Å². The van der Waals surface area contributed by atoms with Gasteiger partial charge in [0.15, 0.2) is 0 Å². The van der Waals surface area contributed by atoms with Crippen LogP contribution in [0.15, 0.2) is 0 Å². The van der Waals surface area contributed by atoms with Gasteiger partial charge in [0, 0.05) is 13.2 Å². The predicted octanol–water partition coefficient (Wildman–Crippen LogP) is 1.84. The van der Waals surface area contributed by atoms with Crippen LogP contribution in [0.25, 0.3) is 0 Å². The van der Waals surface area contributed by atoms with Crippen LogP contribution in [0.3, 0.4) is 0 Å². The van der Waals surface area contributed by atoms with Gasteiger partial charge in [0.05, 0.1) is 0 Å². The fourth-order valence-electron chi connectivity index (χ4n) is 0.394. The molecule has 48 valence electrons. The molecule has 0 N–H and O–H groups in total. The lowest BCUT2D eigenvalue weighted by molar-refractivity contribution is 0.153. The average Bonchev–Trinajstić information content (AvgIpc) is 1.81. The minimum absolute atomic E-state index is 0.761. The maximum Gasteiger partial charge on any atom is 0.0497 e. The van der Waals surface area contributed by atoms with Crippen LogP contribution in [-0.2, 0) is 4.74 Å². The zero-order valence-electron chi connectivity index (χ0n) is 5.52. The van der Waals surface area contributed by atoms with E-state index < -0.39 is 0 Å². The van der Waals surface area contributed by atoms with E-state index in [1.54, 1.807) is 0 Å². The topological polar surface area (TPSA) is 9.23 Å². The monoisotopic (exact) mass is 114 g/mol. The molecule has 0 unspecified atom stereocenters. The van der Waals surface area contributed by atoms with Crippen molar-refractivity contribution in [1.29, 1.82) is 0 Å². The summed E-state index contributed by atoms with van der Waals surface area (Å²) in [6, 6.07) is 0. The van der Waals surface area contributed by atoms with E-state index in [0.717, 1.165) is 26.1 Å². The Hall–Kier alpha value is -0.0400. The van der Waals surface area contributed by atoms with E-state index in [1.165, 1.54) is 0 Å². The minimum Gasteiger partial charge on any atom is -0.381 e. The molecule has 0 saturated carbocycles. The van der Waals surface area contributed by atoms with Gasteiger partial charge >= 0.3 is 0 Å². The quantitative estimate of drug-likeness (QED) is 0.495. The van der Waals surface area contributed by atoms with Gasteiger partial charge < -0.3 is 4.74 Å². The fraction of sp³-hybridized carbons (Fsp3) is 0.714. The number of ether oxygens (including phenoxy) is 1. The molecule has 0 aromatic carbocycles. The van der Waals surface area contributed by atoms with Crippen molar-refractivity contribution in [1.82, 2.24) is 0 Å². The first kappa shape index (κ1) is 7.96. The Morgan fingerprint density at radius 1 is 1.62 bits per heavy atom. The third-order valence-electron chi connectivity index (χ3n) is 0.788. The summed E-state index contributed by atoms with van der Waals surface area (Å²) >= 11 is 0. The molecular weight excluding hydrogens is 100 g/mol. The molecule has 0 fully saturated rings. The molecule has 0 aliphatic heterocycles. The highest BCUT2D eigenvalue weighted by Crippen LogP contribution is 1.86. The molecule has 1 nitrogen and oxygen atoms in total. The van der Waals surface area contributed by atoms with Crippen molar-refractivity contribution < 1.29 is 4.74 Å². The van der Waals surface area contributed by atoms with Crippen molar-refractivity contribution in [2.75, 3.05) is 13.2 Å². The Morgan fingerprint density at radius 3 is 2.88 bits per heavy atom. The van der Waals surface area contributed by atoms with Gasteiger partial charge in [0.2, 0.25) is 0 Å². The Morgan fingerprint density at radius 2 is 2.38 bits per heavy atom. The van der Waals surface area contributed by atoms with E-state index in [0.29, 0.717) is 0 Å². The molecule has 0 aliphatic rings. The van der Waals surface area contributed by atoms with Gasteiger partial charge in [-0.2, -0.15) is 0 Å². The van der Waals surface area contributed by atoms with Crippen LogP contribution in [0.4, 0.5) is 0 Å². The summed E-state index contributed by atoms with van der Waals surface area (Å²) in [4.78, 5) is 0. The largest absolute Gasteiger partial charge is 0.381 e. The highest BCUT2D eigenvalue weighted by atomic mass is 16.5. The third-order valence-corrected chi connectivity index (χ3v) is 0.788. The molecule has 0 amide bonds. The predicted molar refractivity (Wildman–Crippen MR) is 35.4 cm³/mol. The second kappa shape index (κ2) is 6.96. The molecule has 0 rings (SSSR count). The molecule has 1 heteroatoms. The first-order valence-electron chi connectivity index (χ1n) is 3.10. The van der Waals surface area contributed by atoms with E-state index in [9.17, 15) is 0 Å². The zero-order valence-corrected chi connectivity index (χ0v) is 5.52. The van der Waals surface area contributed by atoms with Crippen molar-refractivity contribution in [2.24, 2.45) is 0 Å². The first-order valence-corrected chi connectivity index (χ1v) is 3.10. The molecule has 2 radical (unpaired) electrons. The van der Waals surface area contributed by atoms with E-state index in [4.69, 9.17) is 4.74 Å². The number of rotatable bonds is 5. The number of hydrogen-bond donors (Lipinski definition) is 0. The van der Waals surface area contributed by atoms with E-state index in [1.807, 2.05) is 6.42 Å². The summed E-state index contributed by atoms with van der Waals surface area (Å²) < 4.78 is 5.13. The first-order chi connectivity index (χ1) is 3.91. The van der Waals surface area contributed by atoms with Crippen LogP contribution in [0.2, 0.25) is 0 Å². The number of hydrogen-bond acceptors (Lipinski definition) is 1. The summed E-state index contributed by atoms with van der Waals surface area (Å²) in [7, 11) is 0.